The summed E-state index contributed by atoms with van der Waals surface area (Å²) in [5.41, 5.74) is 0.709. The van der Waals surface area contributed by atoms with E-state index in [1.54, 1.807) is 0 Å². The van der Waals surface area contributed by atoms with Crippen molar-refractivity contribution in [3.05, 3.63) is 28.8 Å². The van der Waals surface area contributed by atoms with Crippen LogP contribution in [0.5, 0.6) is 0 Å². The Bertz CT molecular complexity index is 574. The Kier molecular flexibility index (Phi) is 4.59. The molecule has 5 nitrogen and oxygen atoms in total. The first kappa shape index (κ1) is 14.4. The molecule has 0 heterocycles. The summed E-state index contributed by atoms with van der Waals surface area (Å²) in [4.78, 5) is 23.4. The Morgan fingerprint density at radius 3 is 2.55 bits per heavy atom. The van der Waals surface area contributed by atoms with Gasteiger partial charge < -0.3 is 10.6 Å². The second-order valence-corrected chi connectivity index (χ2v) is 5.12. The van der Waals surface area contributed by atoms with Gasteiger partial charge in [-0.1, -0.05) is 24.4 Å². The van der Waals surface area contributed by atoms with Crippen molar-refractivity contribution in [2.45, 2.75) is 31.7 Å². The number of carbonyl (C=O) groups excluding carboxylic acids is 2. The van der Waals surface area contributed by atoms with Gasteiger partial charge in [0.05, 0.1) is 10.6 Å². The number of amides is 2. The van der Waals surface area contributed by atoms with Crippen molar-refractivity contribution in [3.63, 3.8) is 0 Å². The number of hydrogen-bond donors (Lipinski definition) is 2. The van der Waals surface area contributed by atoms with Crippen LogP contribution in [0.2, 0.25) is 5.02 Å². The number of nitrogens with zero attached hydrogens (tertiary/aromatic N) is 1. The van der Waals surface area contributed by atoms with E-state index in [2.05, 4.69) is 10.6 Å². The van der Waals surface area contributed by atoms with Crippen LogP contribution in [-0.4, -0.2) is 17.9 Å². The van der Waals surface area contributed by atoms with Crippen molar-refractivity contribution >= 4 is 29.1 Å². The lowest BCUT2D eigenvalue weighted by atomic mass is 10.2. The topological polar surface area (TPSA) is 82.0 Å². The molecule has 0 radical (unpaired) electrons. The maximum absolute atomic E-state index is 11.7. The van der Waals surface area contributed by atoms with E-state index in [1.807, 2.05) is 6.07 Å². The number of hydrogen-bond acceptors (Lipinski definition) is 3. The number of rotatable bonds is 2. The van der Waals surface area contributed by atoms with Gasteiger partial charge in [0.1, 0.15) is 6.07 Å². The lowest BCUT2D eigenvalue weighted by molar-refractivity contribution is -0.136. The first-order valence-corrected chi connectivity index (χ1v) is 6.79. The number of benzene rings is 1. The van der Waals surface area contributed by atoms with E-state index >= 15 is 0 Å². The van der Waals surface area contributed by atoms with Crippen LogP contribution in [0.3, 0.4) is 0 Å². The van der Waals surface area contributed by atoms with Crippen molar-refractivity contribution in [1.82, 2.24) is 5.32 Å². The van der Waals surface area contributed by atoms with E-state index in [-0.39, 0.29) is 11.1 Å². The normalized spacial score (nSPS) is 14.6. The van der Waals surface area contributed by atoms with E-state index in [0.29, 0.717) is 11.3 Å². The summed E-state index contributed by atoms with van der Waals surface area (Å²) in [6.45, 7) is 0. The second-order valence-electron chi connectivity index (χ2n) is 4.72. The van der Waals surface area contributed by atoms with Gasteiger partial charge >= 0.3 is 11.8 Å². The summed E-state index contributed by atoms with van der Waals surface area (Å²) in [5, 5.41) is 14.2. The molecule has 0 bridgehead atoms. The molecule has 20 heavy (non-hydrogen) atoms. The van der Waals surface area contributed by atoms with Crippen molar-refractivity contribution in [2.24, 2.45) is 0 Å². The number of carbonyl (C=O) groups is 2. The Morgan fingerprint density at radius 2 is 1.95 bits per heavy atom. The summed E-state index contributed by atoms with van der Waals surface area (Å²) in [6.07, 6.45) is 4.00. The van der Waals surface area contributed by atoms with Crippen molar-refractivity contribution in [2.75, 3.05) is 5.32 Å². The number of nitriles is 1. The molecule has 1 aliphatic rings. The number of halogens is 1. The molecule has 1 aromatic carbocycles. The van der Waals surface area contributed by atoms with Crippen LogP contribution in [0.4, 0.5) is 5.69 Å². The molecule has 6 heteroatoms. The first-order chi connectivity index (χ1) is 9.60. The van der Waals surface area contributed by atoms with Crippen molar-refractivity contribution in [3.8, 4) is 6.07 Å². The van der Waals surface area contributed by atoms with Gasteiger partial charge in [0.25, 0.3) is 0 Å². The van der Waals surface area contributed by atoms with Crippen LogP contribution in [0.1, 0.15) is 31.2 Å². The van der Waals surface area contributed by atoms with E-state index < -0.39 is 11.8 Å². The highest BCUT2D eigenvalue weighted by atomic mass is 35.5. The molecule has 1 fully saturated rings. The highest BCUT2D eigenvalue weighted by Crippen LogP contribution is 2.20. The van der Waals surface area contributed by atoms with E-state index in [4.69, 9.17) is 16.9 Å². The van der Waals surface area contributed by atoms with Gasteiger partial charge in [-0.3, -0.25) is 9.59 Å². The third-order valence-corrected chi connectivity index (χ3v) is 3.56. The number of anilines is 1. The molecule has 1 aromatic rings. The third kappa shape index (κ3) is 3.49. The Labute approximate surface area is 121 Å². The van der Waals surface area contributed by atoms with Gasteiger partial charge in [0, 0.05) is 11.7 Å². The summed E-state index contributed by atoms with van der Waals surface area (Å²) in [7, 11) is 0. The Hall–Kier alpha value is -2.06. The van der Waals surface area contributed by atoms with Gasteiger partial charge in [-0.05, 0) is 31.0 Å². The zero-order valence-corrected chi connectivity index (χ0v) is 11.5. The first-order valence-electron chi connectivity index (χ1n) is 6.41. The molecular formula is C14H14ClN3O2. The average Bonchev–Trinajstić information content (AvgIpc) is 2.91. The average molecular weight is 292 g/mol. The molecule has 2 N–H and O–H groups in total. The highest BCUT2D eigenvalue weighted by Gasteiger charge is 2.21. The summed E-state index contributed by atoms with van der Waals surface area (Å²) < 4.78 is 0. The maximum atomic E-state index is 11.7. The fraction of sp³-hybridized carbons (Fsp3) is 0.357. The van der Waals surface area contributed by atoms with Crippen LogP contribution in [-0.2, 0) is 9.59 Å². The SMILES string of the molecule is N#Cc1ccc(NC(=O)C(=O)NC2CCCC2)cc1Cl. The second kappa shape index (κ2) is 6.40. The zero-order valence-electron chi connectivity index (χ0n) is 10.8. The minimum absolute atomic E-state index is 0.0952. The van der Waals surface area contributed by atoms with Crippen molar-refractivity contribution in [1.29, 1.82) is 5.26 Å². The lowest BCUT2D eigenvalue weighted by Gasteiger charge is -2.11. The highest BCUT2D eigenvalue weighted by molar-refractivity contribution is 6.40. The fourth-order valence-corrected chi connectivity index (χ4v) is 2.42. The molecule has 2 rings (SSSR count). The minimum Gasteiger partial charge on any atom is -0.345 e. The molecule has 0 spiro atoms. The van der Waals surface area contributed by atoms with Gasteiger partial charge in [-0.2, -0.15) is 5.26 Å². The molecule has 1 aliphatic carbocycles. The van der Waals surface area contributed by atoms with Crippen LogP contribution in [0, 0.1) is 11.3 Å². The Balaban J connectivity index is 1.95. The van der Waals surface area contributed by atoms with E-state index in [9.17, 15) is 9.59 Å². The largest absolute Gasteiger partial charge is 0.345 e. The van der Waals surface area contributed by atoms with Crippen LogP contribution in [0.15, 0.2) is 18.2 Å². The van der Waals surface area contributed by atoms with E-state index in [1.165, 1.54) is 18.2 Å². The van der Waals surface area contributed by atoms with E-state index in [0.717, 1.165) is 25.7 Å². The molecule has 1 saturated carbocycles. The van der Waals surface area contributed by atoms with Crippen LogP contribution in [0.25, 0.3) is 0 Å². The molecule has 0 saturated heterocycles. The summed E-state index contributed by atoms with van der Waals surface area (Å²) in [6, 6.07) is 6.49. The lowest BCUT2D eigenvalue weighted by Crippen LogP contribution is -2.40. The molecule has 0 aromatic heterocycles. The quantitative estimate of drug-likeness (QED) is 0.820. The summed E-state index contributed by atoms with van der Waals surface area (Å²) in [5.74, 6) is -1.37. The predicted octanol–water partition coefficient (Wildman–Crippen LogP) is 2.21. The predicted molar refractivity (Wildman–Crippen MR) is 75.2 cm³/mol. The summed E-state index contributed by atoms with van der Waals surface area (Å²) >= 11 is 5.86. The molecule has 0 atom stereocenters. The minimum atomic E-state index is -0.724. The van der Waals surface area contributed by atoms with Crippen molar-refractivity contribution < 1.29 is 9.59 Å². The molecule has 2 amide bonds. The van der Waals surface area contributed by atoms with Gasteiger partial charge in [0.15, 0.2) is 0 Å². The molecule has 104 valence electrons. The molecule has 0 unspecified atom stereocenters. The smallest absolute Gasteiger partial charge is 0.313 e. The zero-order chi connectivity index (χ0) is 14.5. The van der Waals surface area contributed by atoms with Gasteiger partial charge in [-0.15, -0.1) is 0 Å². The van der Waals surface area contributed by atoms with Gasteiger partial charge in [-0.25, -0.2) is 0 Å². The maximum Gasteiger partial charge on any atom is 0.313 e. The Morgan fingerprint density at radius 1 is 1.25 bits per heavy atom. The third-order valence-electron chi connectivity index (χ3n) is 3.24. The van der Waals surface area contributed by atoms with Gasteiger partial charge in [0.2, 0.25) is 0 Å². The molecule has 0 aliphatic heterocycles. The fourth-order valence-electron chi connectivity index (χ4n) is 2.19. The van der Waals surface area contributed by atoms with Crippen LogP contribution < -0.4 is 10.6 Å². The molecular weight excluding hydrogens is 278 g/mol. The number of nitrogens with one attached hydrogen (secondary N) is 2. The standard InChI is InChI=1S/C14H14ClN3O2/c15-12-7-11(6-5-9(12)8-16)18-14(20)13(19)17-10-3-1-2-4-10/h5-7,10H,1-4H2,(H,17,19)(H,18,20). The van der Waals surface area contributed by atoms with Crippen LogP contribution >= 0.6 is 11.6 Å². The monoisotopic (exact) mass is 291 g/mol.